The van der Waals surface area contributed by atoms with Crippen LogP contribution in [0.4, 0.5) is 10.1 Å². The highest BCUT2D eigenvalue weighted by Gasteiger charge is 2.26. The number of halogens is 2. The summed E-state index contributed by atoms with van der Waals surface area (Å²) in [6.45, 7) is 1.27. The number of hydrogen-bond acceptors (Lipinski definition) is 3. The summed E-state index contributed by atoms with van der Waals surface area (Å²) < 4.78 is 14.2. The van der Waals surface area contributed by atoms with E-state index in [1.807, 2.05) is 7.05 Å². The minimum absolute atomic E-state index is 0. The number of fused-ring (bicyclic) bond motifs is 1. The fraction of sp³-hybridized carbons (Fsp3) is 0.500. The molecule has 3 rings (SSSR count). The van der Waals surface area contributed by atoms with E-state index in [1.165, 1.54) is 6.07 Å². The first-order valence-corrected chi connectivity index (χ1v) is 7.67. The molecule has 23 heavy (non-hydrogen) atoms. The van der Waals surface area contributed by atoms with Gasteiger partial charge in [-0.25, -0.2) is 4.39 Å². The van der Waals surface area contributed by atoms with Gasteiger partial charge in [-0.15, -0.1) is 12.4 Å². The summed E-state index contributed by atoms with van der Waals surface area (Å²) in [6, 6.07) is 3.28. The van der Waals surface area contributed by atoms with Crippen LogP contribution >= 0.6 is 12.4 Å². The number of piperidine rings is 1. The van der Waals surface area contributed by atoms with Crippen molar-refractivity contribution in [2.24, 2.45) is 0 Å². The monoisotopic (exact) mass is 341 g/mol. The first kappa shape index (κ1) is 17.7. The molecule has 2 aliphatic heterocycles. The van der Waals surface area contributed by atoms with Crippen LogP contribution in [0.2, 0.25) is 0 Å². The van der Waals surface area contributed by atoms with Gasteiger partial charge in [0.15, 0.2) is 0 Å². The summed E-state index contributed by atoms with van der Waals surface area (Å²) >= 11 is 0. The molecule has 0 saturated carbocycles. The van der Waals surface area contributed by atoms with E-state index in [0.717, 1.165) is 18.4 Å². The van der Waals surface area contributed by atoms with E-state index >= 15 is 0 Å². The molecule has 5 nitrogen and oxygen atoms in total. The topological polar surface area (TPSA) is 61.4 Å². The summed E-state index contributed by atoms with van der Waals surface area (Å²) in [5.74, 6) is -0.937. The fourth-order valence-corrected chi connectivity index (χ4v) is 3.11. The molecular weight excluding hydrogens is 321 g/mol. The third-order valence-corrected chi connectivity index (χ3v) is 4.51. The summed E-state index contributed by atoms with van der Waals surface area (Å²) in [6.07, 6.45) is 2.68. The first-order valence-electron chi connectivity index (χ1n) is 7.67. The molecule has 1 aromatic rings. The normalized spacial score (nSPS) is 18.0. The molecule has 2 aliphatic rings. The number of rotatable bonds is 2. The van der Waals surface area contributed by atoms with Gasteiger partial charge in [0.1, 0.15) is 5.82 Å². The number of benzene rings is 1. The lowest BCUT2D eigenvalue weighted by molar-refractivity contribution is -0.116. The van der Waals surface area contributed by atoms with Gasteiger partial charge in [-0.1, -0.05) is 0 Å². The predicted octanol–water partition coefficient (Wildman–Crippen LogP) is 1.96. The third-order valence-electron chi connectivity index (χ3n) is 4.51. The third kappa shape index (κ3) is 3.64. The Labute approximate surface area is 141 Å². The number of amides is 2. The quantitative estimate of drug-likeness (QED) is 0.864. The number of nitrogens with one attached hydrogen (secondary N) is 2. The van der Waals surface area contributed by atoms with Crippen molar-refractivity contribution in [1.82, 2.24) is 10.2 Å². The first-order chi connectivity index (χ1) is 10.6. The Bertz CT molecular complexity index is 616. The molecule has 0 spiro atoms. The molecule has 0 bridgehead atoms. The van der Waals surface area contributed by atoms with Crippen molar-refractivity contribution in [3.63, 3.8) is 0 Å². The lowest BCUT2D eigenvalue weighted by Gasteiger charge is -2.32. The highest BCUT2D eigenvalue weighted by molar-refractivity contribution is 5.98. The second-order valence-electron chi connectivity index (χ2n) is 5.89. The van der Waals surface area contributed by atoms with Gasteiger partial charge in [0.2, 0.25) is 5.91 Å². The zero-order chi connectivity index (χ0) is 15.7. The van der Waals surface area contributed by atoms with Crippen LogP contribution in [0.3, 0.4) is 0 Å². The van der Waals surface area contributed by atoms with Gasteiger partial charge in [0, 0.05) is 31.2 Å². The van der Waals surface area contributed by atoms with E-state index in [9.17, 15) is 14.0 Å². The number of likely N-dealkylation sites (tertiary alicyclic amines) is 1. The standard InChI is InChI=1S/C16H20FN3O2.ClH/c1-18-11-4-6-20(7-5-11)16(22)12-8-10-2-3-15(21)19-14(10)9-13(12)17;/h8-9,11,18H,2-7H2,1H3,(H,19,21);1H. The second kappa shape index (κ2) is 7.27. The number of hydrogen-bond donors (Lipinski definition) is 2. The van der Waals surface area contributed by atoms with Crippen molar-refractivity contribution in [2.45, 2.75) is 31.7 Å². The molecular formula is C16H21ClFN3O2. The molecule has 0 atom stereocenters. The Kier molecular flexibility index (Phi) is 5.59. The highest BCUT2D eigenvalue weighted by Crippen LogP contribution is 2.27. The predicted molar refractivity (Wildman–Crippen MR) is 88.6 cm³/mol. The van der Waals surface area contributed by atoms with Crippen LogP contribution in [-0.4, -0.2) is 42.9 Å². The maximum atomic E-state index is 14.2. The number of aryl methyl sites for hydroxylation is 1. The summed E-state index contributed by atoms with van der Waals surface area (Å²) in [7, 11) is 1.92. The molecule has 2 heterocycles. The Balaban J connectivity index is 0.00000192. The van der Waals surface area contributed by atoms with Gasteiger partial charge in [0.05, 0.1) is 5.56 Å². The number of anilines is 1. The minimum Gasteiger partial charge on any atom is -0.338 e. The lowest BCUT2D eigenvalue weighted by atomic mass is 9.98. The molecule has 1 aromatic carbocycles. The zero-order valence-electron chi connectivity index (χ0n) is 13.0. The van der Waals surface area contributed by atoms with E-state index in [4.69, 9.17) is 0 Å². The molecule has 0 unspecified atom stereocenters. The maximum Gasteiger partial charge on any atom is 0.256 e. The fourth-order valence-electron chi connectivity index (χ4n) is 3.11. The van der Waals surface area contributed by atoms with Crippen LogP contribution in [0, 0.1) is 5.82 Å². The average Bonchev–Trinajstić information content (AvgIpc) is 2.53. The second-order valence-corrected chi connectivity index (χ2v) is 5.89. The van der Waals surface area contributed by atoms with E-state index in [1.54, 1.807) is 11.0 Å². The number of carbonyl (C=O) groups is 2. The Morgan fingerprint density at radius 3 is 2.65 bits per heavy atom. The van der Waals surface area contributed by atoms with Crippen LogP contribution < -0.4 is 10.6 Å². The number of carbonyl (C=O) groups excluding carboxylic acids is 2. The van der Waals surface area contributed by atoms with E-state index in [-0.39, 0.29) is 29.8 Å². The van der Waals surface area contributed by atoms with Crippen LogP contribution in [0.5, 0.6) is 0 Å². The molecule has 0 aromatic heterocycles. The molecule has 2 N–H and O–H groups in total. The molecule has 1 fully saturated rings. The smallest absolute Gasteiger partial charge is 0.256 e. The van der Waals surface area contributed by atoms with Crippen molar-refractivity contribution in [3.8, 4) is 0 Å². The summed E-state index contributed by atoms with van der Waals surface area (Å²) in [5.41, 5.74) is 1.42. The largest absolute Gasteiger partial charge is 0.338 e. The minimum atomic E-state index is -0.568. The van der Waals surface area contributed by atoms with Gasteiger partial charge in [-0.3, -0.25) is 9.59 Å². The molecule has 7 heteroatoms. The van der Waals surface area contributed by atoms with Crippen LogP contribution in [0.25, 0.3) is 0 Å². The van der Waals surface area contributed by atoms with Gasteiger partial charge in [-0.05, 0) is 44.0 Å². The SMILES string of the molecule is CNC1CCN(C(=O)c2cc3c(cc2F)NC(=O)CC3)CC1.Cl. The summed E-state index contributed by atoms with van der Waals surface area (Å²) in [4.78, 5) is 25.6. The number of nitrogens with zero attached hydrogens (tertiary/aromatic N) is 1. The van der Waals surface area contributed by atoms with Gasteiger partial charge >= 0.3 is 0 Å². The van der Waals surface area contributed by atoms with Gasteiger partial charge in [-0.2, -0.15) is 0 Å². The van der Waals surface area contributed by atoms with Crippen molar-refractivity contribution >= 4 is 29.9 Å². The zero-order valence-corrected chi connectivity index (χ0v) is 13.8. The van der Waals surface area contributed by atoms with Crippen LogP contribution in [0.15, 0.2) is 12.1 Å². The molecule has 126 valence electrons. The van der Waals surface area contributed by atoms with Gasteiger partial charge < -0.3 is 15.5 Å². The molecule has 0 radical (unpaired) electrons. The maximum absolute atomic E-state index is 14.2. The van der Waals surface area contributed by atoms with Crippen molar-refractivity contribution < 1.29 is 14.0 Å². The Morgan fingerprint density at radius 2 is 2.00 bits per heavy atom. The Morgan fingerprint density at radius 1 is 1.30 bits per heavy atom. The molecule has 2 amide bonds. The summed E-state index contributed by atoms with van der Waals surface area (Å²) in [5, 5.41) is 5.86. The lowest BCUT2D eigenvalue weighted by Crippen LogP contribution is -2.44. The highest BCUT2D eigenvalue weighted by atomic mass is 35.5. The van der Waals surface area contributed by atoms with Crippen molar-refractivity contribution in [3.05, 3.63) is 29.1 Å². The van der Waals surface area contributed by atoms with Crippen molar-refractivity contribution in [2.75, 3.05) is 25.5 Å². The van der Waals surface area contributed by atoms with Crippen LogP contribution in [-0.2, 0) is 11.2 Å². The Hall–Kier alpha value is -1.66. The molecule has 1 saturated heterocycles. The van der Waals surface area contributed by atoms with E-state index in [2.05, 4.69) is 10.6 Å². The van der Waals surface area contributed by atoms with Gasteiger partial charge in [0.25, 0.3) is 5.91 Å². The average molecular weight is 342 g/mol. The van der Waals surface area contributed by atoms with Crippen molar-refractivity contribution in [1.29, 1.82) is 0 Å². The van der Waals surface area contributed by atoms with E-state index < -0.39 is 5.82 Å². The molecule has 0 aliphatic carbocycles. The van der Waals surface area contributed by atoms with E-state index in [0.29, 0.717) is 37.7 Å². The van der Waals surface area contributed by atoms with Crippen LogP contribution in [0.1, 0.15) is 35.2 Å².